The highest BCUT2D eigenvalue weighted by Crippen LogP contribution is 2.40. The summed E-state index contributed by atoms with van der Waals surface area (Å²) in [5.74, 6) is -0.170. The molecule has 2 aliphatic heterocycles. The minimum Gasteiger partial charge on any atom is -0.320 e. The lowest BCUT2D eigenvalue weighted by Gasteiger charge is -2.26. The van der Waals surface area contributed by atoms with Crippen molar-refractivity contribution in [3.8, 4) is 0 Å². The van der Waals surface area contributed by atoms with Gasteiger partial charge in [0.1, 0.15) is 0 Å². The van der Waals surface area contributed by atoms with E-state index in [0.717, 1.165) is 25.2 Å². The molecular formula is C19H19N3O2S. The maximum absolute atomic E-state index is 13.2. The lowest BCUT2D eigenvalue weighted by molar-refractivity contribution is -0.117. The lowest BCUT2D eigenvalue weighted by atomic mass is 10.0. The monoisotopic (exact) mass is 353 g/mol. The number of nitrogens with zero attached hydrogens (tertiary/aromatic N) is 2. The van der Waals surface area contributed by atoms with Crippen LogP contribution < -0.4 is 10.2 Å². The van der Waals surface area contributed by atoms with Crippen LogP contribution in [0.4, 0.5) is 17.1 Å². The van der Waals surface area contributed by atoms with Gasteiger partial charge in [-0.1, -0.05) is 23.8 Å². The average molecular weight is 353 g/mol. The molecule has 1 aromatic heterocycles. The van der Waals surface area contributed by atoms with Gasteiger partial charge in [0.25, 0.3) is 5.91 Å². The molecule has 2 amide bonds. The van der Waals surface area contributed by atoms with Crippen molar-refractivity contribution >= 4 is 40.2 Å². The number of amides is 2. The van der Waals surface area contributed by atoms with Gasteiger partial charge in [-0.25, -0.2) is 0 Å². The fourth-order valence-corrected chi connectivity index (χ4v) is 4.04. The molecule has 0 saturated heterocycles. The summed E-state index contributed by atoms with van der Waals surface area (Å²) in [6, 6.07) is 7.46. The molecule has 0 radical (unpaired) electrons. The normalized spacial score (nSPS) is 17.2. The van der Waals surface area contributed by atoms with Crippen molar-refractivity contribution < 1.29 is 9.59 Å². The number of fused-ring (bicyclic) bond motifs is 2. The van der Waals surface area contributed by atoms with Crippen molar-refractivity contribution in [3.05, 3.63) is 52.2 Å². The Morgan fingerprint density at radius 2 is 2.08 bits per heavy atom. The topological polar surface area (TPSA) is 52.7 Å². The van der Waals surface area contributed by atoms with Gasteiger partial charge in [-0.05, 0) is 25.6 Å². The second-order valence-electron chi connectivity index (χ2n) is 6.42. The van der Waals surface area contributed by atoms with Gasteiger partial charge in [0.15, 0.2) is 0 Å². The third kappa shape index (κ3) is 2.99. The summed E-state index contributed by atoms with van der Waals surface area (Å²) in [4.78, 5) is 29.6. The third-order valence-corrected chi connectivity index (χ3v) is 5.39. The van der Waals surface area contributed by atoms with E-state index >= 15 is 0 Å². The quantitative estimate of drug-likeness (QED) is 0.839. The Bertz CT molecular complexity index is 871. The standard InChI is InChI=1S/C19H19N3O2S/c1-21-8-6-13(7-9-21)10-18(23)22-16-5-3-2-4-15(16)20-19(24)14-11-25-12-17(14)22/h2-6,11-12H,7-10H2,1H3,(H,20,24). The third-order valence-electron chi connectivity index (χ3n) is 4.65. The number of para-hydroxylation sites is 2. The van der Waals surface area contributed by atoms with Crippen LogP contribution in [0.25, 0.3) is 0 Å². The summed E-state index contributed by atoms with van der Waals surface area (Å²) in [5, 5.41) is 6.58. The minimum atomic E-state index is -0.169. The predicted molar refractivity (Wildman–Crippen MR) is 101 cm³/mol. The van der Waals surface area contributed by atoms with Gasteiger partial charge >= 0.3 is 0 Å². The average Bonchev–Trinajstić information content (AvgIpc) is 3.04. The van der Waals surface area contributed by atoms with Crippen molar-refractivity contribution in [3.63, 3.8) is 0 Å². The number of likely N-dealkylation sites (N-methyl/N-ethyl adjacent to an activating group) is 1. The van der Waals surface area contributed by atoms with Gasteiger partial charge in [0.2, 0.25) is 5.91 Å². The van der Waals surface area contributed by atoms with E-state index in [2.05, 4.69) is 23.3 Å². The van der Waals surface area contributed by atoms with Gasteiger partial charge < -0.3 is 10.2 Å². The summed E-state index contributed by atoms with van der Waals surface area (Å²) in [5.41, 5.74) is 3.78. The molecule has 1 aromatic carbocycles. The highest BCUT2D eigenvalue weighted by Gasteiger charge is 2.30. The highest BCUT2D eigenvalue weighted by molar-refractivity contribution is 7.08. The predicted octanol–water partition coefficient (Wildman–Crippen LogP) is 3.63. The van der Waals surface area contributed by atoms with Crippen LogP contribution in [0.15, 0.2) is 46.7 Å². The van der Waals surface area contributed by atoms with Crippen LogP contribution in [0.2, 0.25) is 0 Å². The fraction of sp³-hybridized carbons (Fsp3) is 0.263. The van der Waals surface area contributed by atoms with Crippen LogP contribution in [0, 0.1) is 0 Å². The Labute approximate surface area is 150 Å². The first-order valence-electron chi connectivity index (χ1n) is 8.29. The number of thiophene rings is 1. The number of rotatable bonds is 2. The first-order valence-corrected chi connectivity index (χ1v) is 9.24. The molecule has 128 valence electrons. The van der Waals surface area contributed by atoms with Crippen molar-refractivity contribution in [2.45, 2.75) is 12.8 Å². The molecule has 5 nitrogen and oxygen atoms in total. The Morgan fingerprint density at radius 3 is 2.88 bits per heavy atom. The van der Waals surface area contributed by atoms with Crippen LogP contribution in [0.3, 0.4) is 0 Å². The molecule has 0 unspecified atom stereocenters. The van der Waals surface area contributed by atoms with Crippen LogP contribution in [-0.4, -0.2) is 36.9 Å². The zero-order valence-electron chi connectivity index (χ0n) is 14.0. The molecule has 0 atom stereocenters. The lowest BCUT2D eigenvalue weighted by Crippen LogP contribution is -2.29. The molecule has 0 aliphatic carbocycles. The zero-order valence-corrected chi connectivity index (χ0v) is 14.8. The van der Waals surface area contributed by atoms with E-state index in [1.807, 2.05) is 29.6 Å². The van der Waals surface area contributed by atoms with E-state index in [1.165, 1.54) is 16.9 Å². The minimum absolute atomic E-state index is 0.000553. The van der Waals surface area contributed by atoms with Gasteiger partial charge in [-0.15, -0.1) is 11.3 Å². The summed E-state index contributed by atoms with van der Waals surface area (Å²) in [6.45, 7) is 1.85. The number of hydrogen-bond donors (Lipinski definition) is 1. The van der Waals surface area contributed by atoms with Gasteiger partial charge in [0.05, 0.1) is 22.6 Å². The Hall–Kier alpha value is -2.44. The second-order valence-corrected chi connectivity index (χ2v) is 7.17. The second kappa shape index (κ2) is 6.46. The molecular weight excluding hydrogens is 334 g/mol. The smallest absolute Gasteiger partial charge is 0.258 e. The number of benzene rings is 1. The Balaban J connectivity index is 1.72. The first kappa shape index (κ1) is 16.1. The molecule has 6 heteroatoms. The largest absolute Gasteiger partial charge is 0.320 e. The Kier molecular flexibility index (Phi) is 4.15. The Morgan fingerprint density at radius 1 is 1.24 bits per heavy atom. The van der Waals surface area contributed by atoms with Crippen LogP contribution in [0.1, 0.15) is 23.2 Å². The highest BCUT2D eigenvalue weighted by atomic mass is 32.1. The van der Waals surface area contributed by atoms with E-state index in [-0.39, 0.29) is 11.8 Å². The first-order chi connectivity index (χ1) is 12.1. The van der Waals surface area contributed by atoms with Gasteiger partial charge in [-0.2, -0.15) is 0 Å². The van der Waals surface area contributed by atoms with Gasteiger partial charge in [-0.3, -0.25) is 14.5 Å². The summed E-state index contributed by atoms with van der Waals surface area (Å²) in [6.07, 6.45) is 3.43. The van der Waals surface area contributed by atoms with E-state index in [0.29, 0.717) is 23.4 Å². The number of hydrogen-bond acceptors (Lipinski definition) is 4. The molecule has 0 fully saturated rings. The molecule has 1 N–H and O–H groups in total. The van der Waals surface area contributed by atoms with E-state index in [4.69, 9.17) is 0 Å². The summed E-state index contributed by atoms with van der Waals surface area (Å²) in [7, 11) is 2.08. The van der Waals surface area contributed by atoms with Crippen molar-refractivity contribution in [2.75, 3.05) is 30.4 Å². The maximum atomic E-state index is 13.2. The zero-order chi connectivity index (χ0) is 17.4. The maximum Gasteiger partial charge on any atom is 0.258 e. The number of carbonyl (C=O) groups is 2. The fourth-order valence-electron chi connectivity index (χ4n) is 3.24. The van der Waals surface area contributed by atoms with Gasteiger partial charge in [0, 0.05) is 30.3 Å². The SMILES string of the molecule is CN1CC=C(CC(=O)N2c3ccccc3NC(=O)c3cscc32)CC1. The van der Waals surface area contributed by atoms with Crippen LogP contribution in [-0.2, 0) is 4.79 Å². The summed E-state index contributed by atoms with van der Waals surface area (Å²) < 4.78 is 0. The van der Waals surface area contributed by atoms with Crippen LogP contribution in [0.5, 0.6) is 0 Å². The van der Waals surface area contributed by atoms with Crippen LogP contribution >= 0.6 is 11.3 Å². The van der Waals surface area contributed by atoms with Crippen molar-refractivity contribution in [1.29, 1.82) is 0 Å². The molecule has 2 aliphatic rings. The number of anilines is 3. The molecule has 0 spiro atoms. The number of nitrogens with one attached hydrogen (secondary N) is 1. The molecule has 0 bridgehead atoms. The molecule has 3 heterocycles. The van der Waals surface area contributed by atoms with E-state index in [1.54, 1.807) is 10.3 Å². The molecule has 0 saturated carbocycles. The molecule has 25 heavy (non-hydrogen) atoms. The molecule has 2 aromatic rings. The van der Waals surface area contributed by atoms with E-state index in [9.17, 15) is 9.59 Å². The summed E-state index contributed by atoms with van der Waals surface area (Å²) >= 11 is 1.43. The van der Waals surface area contributed by atoms with Crippen molar-refractivity contribution in [1.82, 2.24) is 4.90 Å². The number of carbonyl (C=O) groups excluding carboxylic acids is 2. The molecule has 4 rings (SSSR count). The van der Waals surface area contributed by atoms with Crippen molar-refractivity contribution in [2.24, 2.45) is 0 Å². The van der Waals surface area contributed by atoms with E-state index < -0.39 is 0 Å².